The van der Waals surface area contributed by atoms with Crippen LogP contribution in [0.2, 0.25) is 0 Å². The number of carbonyl (C=O) groups excluding carboxylic acids is 1. The van der Waals surface area contributed by atoms with Gasteiger partial charge in [0.1, 0.15) is 12.1 Å². The Morgan fingerprint density at radius 3 is 2.87 bits per heavy atom. The van der Waals surface area contributed by atoms with Gasteiger partial charge in [0, 0.05) is 53.2 Å². The second-order valence-electron chi connectivity index (χ2n) is 6.71. The van der Waals surface area contributed by atoms with Crippen molar-refractivity contribution in [1.82, 2.24) is 4.90 Å². The summed E-state index contributed by atoms with van der Waals surface area (Å²) in [6.07, 6.45) is -13.8. The predicted molar refractivity (Wildman–Crippen MR) is 118 cm³/mol. The maximum absolute atomic E-state index is 13.9. The lowest BCUT2D eigenvalue weighted by Crippen LogP contribution is -2.51. The third-order valence-electron chi connectivity index (χ3n) is 4.04. The molecule has 168 valence electrons. The van der Waals surface area contributed by atoms with Crippen molar-refractivity contribution in [1.29, 1.82) is 0 Å². The molecule has 4 atom stereocenters. The SMILES string of the molecule is [2H]c1c(OC([2H])([2H])[2H])c(OC)c([2H])c2c1C([2H])([2H])C([2H])([2H])N1C([2H])([2H])C([2H])(CC(C)C)C([2H])(OC(=O)[C@@]([2H])(N)C([2H])(C([2H])([2H])[2H])C([2H])([2H])[2H])C([2H])([2H])C21[2H]. The molecular weight excluding hydrogens is 380 g/mol. The van der Waals surface area contributed by atoms with E-state index in [2.05, 4.69) is 0 Å². The summed E-state index contributed by atoms with van der Waals surface area (Å²) in [7, 11) is -2.67. The molecule has 2 aliphatic heterocycles. The molecule has 6 nitrogen and oxygen atoms in total. The predicted octanol–water partition coefficient (Wildman–Crippen LogP) is 3.56. The lowest BCUT2D eigenvalue weighted by molar-refractivity contribution is -0.160. The van der Waals surface area contributed by atoms with E-state index < -0.39 is 134 Å². The van der Waals surface area contributed by atoms with Gasteiger partial charge in [0.25, 0.3) is 0 Å². The van der Waals surface area contributed by atoms with Crippen LogP contribution >= 0.6 is 0 Å². The van der Waals surface area contributed by atoms with E-state index >= 15 is 0 Å². The largest absolute Gasteiger partial charge is 0.493 e. The van der Waals surface area contributed by atoms with Crippen LogP contribution in [0.4, 0.5) is 0 Å². The molecule has 3 rings (SSSR count). The number of hydrogen-bond acceptors (Lipinski definition) is 6. The third-order valence-corrected chi connectivity index (χ3v) is 4.04. The minimum absolute atomic E-state index is 0.470. The fourth-order valence-corrected chi connectivity index (χ4v) is 2.69. The highest BCUT2D eigenvalue weighted by Gasteiger charge is 2.41. The van der Waals surface area contributed by atoms with Gasteiger partial charge >= 0.3 is 5.97 Å². The second-order valence-corrected chi connectivity index (χ2v) is 6.71. The Hall–Kier alpha value is -1.79. The molecule has 1 fully saturated rings. The number of nitrogens with two attached hydrogens (primary N) is 1. The Balaban J connectivity index is 2.67. The summed E-state index contributed by atoms with van der Waals surface area (Å²) in [6.45, 7) is -13.9. The minimum Gasteiger partial charge on any atom is -0.493 e. The molecule has 0 amide bonds. The molecule has 0 aliphatic carbocycles. The molecule has 3 unspecified atom stereocenters. The fraction of sp³-hybridized carbons (Fsp3) is 0.708. The van der Waals surface area contributed by atoms with Gasteiger partial charge in [0.15, 0.2) is 11.5 Å². The highest BCUT2D eigenvalue weighted by molar-refractivity contribution is 5.76. The summed E-state index contributed by atoms with van der Waals surface area (Å²) in [5.41, 5.74) is 2.64. The summed E-state index contributed by atoms with van der Waals surface area (Å²) >= 11 is 0. The normalized spacial score (nSPS) is 53.4. The van der Waals surface area contributed by atoms with Crippen molar-refractivity contribution in [3.63, 3.8) is 0 Å². The zero-order chi connectivity index (χ0) is 43.0. The van der Waals surface area contributed by atoms with Crippen molar-refractivity contribution >= 4 is 5.97 Å². The van der Waals surface area contributed by atoms with E-state index in [1.54, 1.807) is 0 Å². The van der Waals surface area contributed by atoms with E-state index in [1.165, 1.54) is 13.8 Å². The van der Waals surface area contributed by atoms with Crippen molar-refractivity contribution in [3.8, 4) is 11.5 Å². The summed E-state index contributed by atoms with van der Waals surface area (Å²) < 4.78 is 219. The quantitative estimate of drug-likeness (QED) is 0.651. The van der Waals surface area contributed by atoms with Crippen LogP contribution in [0, 0.1) is 17.7 Å². The first kappa shape index (κ1) is 7.11. The number of benzene rings is 1. The molecule has 2 N–H and O–H groups in total. The van der Waals surface area contributed by atoms with Gasteiger partial charge in [-0.05, 0) is 47.8 Å². The van der Waals surface area contributed by atoms with Gasteiger partial charge in [0.2, 0.25) is 0 Å². The Bertz CT molecular complexity index is 1670. The Morgan fingerprint density at radius 2 is 2.20 bits per heavy atom. The molecule has 0 spiro atoms. The molecule has 0 saturated carbocycles. The van der Waals surface area contributed by atoms with Crippen LogP contribution in [0.3, 0.4) is 0 Å². The van der Waals surface area contributed by atoms with Gasteiger partial charge in [0.05, 0.1) is 25.1 Å². The first-order valence-electron chi connectivity index (χ1n) is 20.8. The standard InChI is InChI=1S/C24H38N2O4/c1-14(2)9-17-13-26-8-7-16-10-21(28-5)22(29-6)11-18(16)19(26)12-20(17)30-24(27)23(25)15(3)4/h10-11,14-15,17,19-20,23H,7-9,12-13,25H2,1-6H3/t17?,19?,20?,23-/m0/s1/i3D3,4D3,5D3,7D2,8D2,10D,11D,12D2,13D2,15D,17D,19D,20D,23D. The summed E-state index contributed by atoms with van der Waals surface area (Å²) in [5, 5.41) is 0. The number of piperidine rings is 1. The first-order chi connectivity index (χ1) is 23.5. The molecule has 1 aromatic carbocycles. The van der Waals surface area contributed by atoms with Gasteiger partial charge in [-0.15, -0.1) is 0 Å². The molecule has 1 aromatic rings. The van der Waals surface area contributed by atoms with E-state index in [0.29, 0.717) is 0 Å². The van der Waals surface area contributed by atoms with E-state index in [1.807, 2.05) is 0 Å². The van der Waals surface area contributed by atoms with Gasteiger partial charge < -0.3 is 19.9 Å². The van der Waals surface area contributed by atoms with Crippen LogP contribution in [0.5, 0.6) is 11.5 Å². The lowest BCUT2D eigenvalue weighted by Gasteiger charge is -2.47. The summed E-state index contributed by atoms with van der Waals surface area (Å²) in [4.78, 5) is 13.4. The molecule has 6 heteroatoms. The average molecular weight is 443 g/mol. The summed E-state index contributed by atoms with van der Waals surface area (Å²) in [6, 6.07) is -11.3. The number of methoxy groups -OCH3 is 2. The van der Waals surface area contributed by atoms with Crippen LogP contribution in [0.1, 0.15) is 90.4 Å². The number of carbonyl (C=O) groups is 1. The van der Waals surface area contributed by atoms with Crippen LogP contribution in [0.15, 0.2) is 12.1 Å². The van der Waals surface area contributed by atoms with Crippen LogP contribution < -0.4 is 15.2 Å². The van der Waals surface area contributed by atoms with Crippen molar-refractivity contribution < 1.29 is 51.9 Å². The van der Waals surface area contributed by atoms with Crippen molar-refractivity contribution in [2.24, 2.45) is 23.4 Å². The number of nitrogens with zero attached hydrogens (tertiary/aromatic N) is 1. The van der Waals surface area contributed by atoms with Crippen molar-refractivity contribution in [2.45, 2.75) is 64.8 Å². The summed E-state index contributed by atoms with van der Waals surface area (Å²) in [5.74, 6) is -14.2. The molecule has 0 bridgehead atoms. The smallest absolute Gasteiger partial charge is 0.323 e. The topological polar surface area (TPSA) is 74.0 Å². The van der Waals surface area contributed by atoms with Gasteiger partial charge in [-0.25, -0.2) is 0 Å². The molecule has 2 heterocycles. The highest BCUT2D eigenvalue weighted by Crippen LogP contribution is 2.44. The average Bonchev–Trinajstić information content (AvgIpc) is 2.93. The van der Waals surface area contributed by atoms with E-state index in [0.717, 1.165) is 7.11 Å². The van der Waals surface area contributed by atoms with Gasteiger partial charge in [-0.3, -0.25) is 9.69 Å². The second kappa shape index (κ2) is 9.56. The number of esters is 1. The molecule has 0 radical (unpaired) electrons. The zero-order valence-electron chi connectivity index (χ0n) is 40.4. The Kier molecular flexibility index (Phi) is 2.27. The maximum atomic E-state index is 13.9. The molecular formula is C24H38N2O4. The number of rotatable bonds is 7. The van der Waals surface area contributed by atoms with Crippen molar-refractivity contribution in [2.75, 3.05) is 27.1 Å². The molecule has 2 aliphatic rings. The minimum atomic E-state index is -4.42. The van der Waals surface area contributed by atoms with E-state index in [9.17, 15) is 14.4 Å². The van der Waals surface area contributed by atoms with Crippen LogP contribution in [-0.2, 0) is 15.9 Å². The number of ether oxygens (including phenoxy) is 3. The highest BCUT2D eigenvalue weighted by atomic mass is 16.5. The Morgan fingerprint density at radius 1 is 1.43 bits per heavy atom. The van der Waals surface area contributed by atoms with Gasteiger partial charge in [-0.2, -0.15) is 0 Å². The zero-order valence-corrected chi connectivity index (χ0v) is 16.4. The molecule has 1 saturated heterocycles. The van der Waals surface area contributed by atoms with Gasteiger partial charge in [-0.1, -0.05) is 27.6 Å². The Labute approximate surface area is 214 Å². The van der Waals surface area contributed by atoms with E-state index in [-0.39, 0.29) is 0 Å². The monoisotopic (exact) mass is 442 g/mol. The molecule has 30 heavy (non-hydrogen) atoms. The van der Waals surface area contributed by atoms with Crippen LogP contribution in [0.25, 0.3) is 0 Å². The fourth-order valence-electron chi connectivity index (χ4n) is 2.69. The van der Waals surface area contributed by atoms with E-state index in [4.69, 9.17) is 43.2 Å². The number of fused-ring (bicyclic) bond motifs is 3. The molecule has 0 aromatic heterocycles. The van der Waals surface area contributed by atoms with Crippen molar-refractivity contribution in [3.05, 3.63) is 23.2 Å². The third kappa shape index (κ3) is 4.75. The lowest BCUT2D eigenvalue weighted by atomic mass is 9.79. The van der Waals surface area contributed by atoms with Crippen LogP contribution in [-0.4, -0.2) is 50.1 Å². The number of hydrogen-bond donors (Lipinski definition) is 1. The first-order valence-corrected chi connectivity index (χ1v) is 8.76. The maximum Gasteiger partial charge on any atom is 0.323 e.